The highest BCUT2D eigenvalue weighted by molar-refractivity contribution is 7.99. The Labute approximate surface area is 96.9 Å². The Morgan fingerprint density at radius 2 is 2.20 bits per heavy atom. The smallest absolute Gasteiger partial charge is 0.0959 e. The van der Waals surface area contributed by atoms with Crippen LogP contribution < -0.4 is 5.32 Å². The van der Waals surface area contributed by atoms with Crippen molar-refractivity contribution in [2.75, 3.05) is 12.3 Å². The third-order valence-corrected chi connectivity index (χ3v) is 3.08. The first kappa shape index (κ1) is 12.5. The number of aromatic nitrogens is 1. The van der Waals surface area contributed by atoms with Gasteiger partial charge < -0.3 is 5.32 Å². The van der Waals surface area contributed by atoms with E-state index in [1.807, 2.05) is 6.20 Å². The highest BCUT2D eigenvalue weighted by Gasteiger charge is 2.04. The molecule has 15 heavy (non-hydrogen) atoms. The third-order valence-electron chi connectivity index (χ3n) is 2.25. The second-order valence-corrected chi connectivity index (χ2v) is 4.82. The van der Waals surface area contributed by atoms with Gasteiger partial charge in [-0.05, 0) is 37.3 Å². The number of rotatable bonds is 6. The Bertz CT molecular complexity index is 271. The van der Waals surface area contributed by atoms with Crippen molar-refractivity contribution in [2.24, 2.45) is 0 Å². The maximum absolute atomic E-state index is 4.42. The zero-order chi connectivity index (χ0) is 11.1. The van der Waals surface area contributed by atoms with Crippen molar-refractivity contribution in [3.05, 3.63) is 23.9 Å². The number of thioether (sulfide) groups is 1. The summed E-state index contributed by atoms with van der Waals surface area (Å²) in [5, 5.41) is 4.57. The first-order valence-electron chi connectivity index (χ1n) is 5.60. The van der Waals surface area contributed by atoms with E-state index in [-0.39, 0.29) is 0 Å². The maximum Gasteiger partial charge on any atom is 0.0959 e. The summed E-state index contributed by atoms with van der Waals surface area (Å²) >= 11 is 1.78. The monoisotopic (exact) mass is 224 g/mol. The average molecular weight is 224 g/mol. The molecular formula is C12H20N2S. The lowest BCUT2D eigenvalue weighted by atomic mass is 10.1. The van der Waals surface area contributed by atoms with Gasteiger partial charge in [0.15, 0.2) is 0 Å². The fraction of sp³-hybridized carbons (Fsp3) is 0.583. The second kappa shape index (κ2) is 6.85. The van der Waals surface area contributed by atoms with Crippen LogP contribution >= 0.6 is 11.8 Å². The van der Waals surface area contributed by atoms with Gasteiger partial charge in [0.1, 0.15) is 0 Å². The molecule has 0 aromatic carbocycles. The van der Waals surface area contributed by atoms with E-state index in [2.05, 4.69) is 43.2 Å². The molecule has 0 saturated heterocycles. The normalized spacial score (nSPS) is 12.7. The molecule has 0 amide bonds. The Kier molecular flexibility index (Phi) is 5.73. The third kappa shape index (κ3) is 4.22. The van der Waals surface area contributed by atoms with E-state index >= 15 is 0 Å². The van der Waals surface area contributed by atoms with Gasteiger partial charge in [-0.3, -0.25) is 0 Å². The lowest BCUT2D eigenvalue weighted by molar-refractivity contribution is 0.568. The van der Waals surface area contributed by atoms with E-state index in [4.69, 9.17) is 0 Å². The van der Waals surface area contributed by atoms with E-state index in [0.29, 0.717) is 6.04 Å². The molecule has 84 valence electrons. The lowest BCUT2D eigenvalue weighted by Gasteiger charge is -2.13. The summed E-state index contributed by atoms with van der Waals surface area (Å²) in [6, 6.07) is 4.67. The number of hydrogen-bond donors (Lipinski definition) is 1. The summed E-state index contributed by atoms with van der Waals surface area (Å²) in [4.78, 5) is 4.42. The van der Waals surface area contributed by atoms with Crippen LogP contribution in [-0.2, 0) is 0 Å². The molecule has 1 aromatic heterocycles. The number of hydrogen-bond acceptors (Lipinski definition) is 3. The first-order valence-corrected chi connectivity index (χ1v) is 6.58. The molecule has 1 aromatic rings. The molecule has 0 aliphatic carbocycles. The summed E-state index contributed by atoms with van der Waals surface area (Å²) < 4.78 is 0. The summed E-state index contributed by atoms with van der Waals surface area (Å²) in [6.07, 6.45) is 3.15. The predicted molar refractivity (Wildman–Crippen MR) is 67.3 cm³/mol. The largest absolute Gasteiger partial charge is 0.310 e. The van der Waals surface area contributed by atoms with E-state index in [1.54, 1.807) is 11.8 Å². The van der Waals surface area contributed by atoms with Crippen molar-refractivity contribution >= 4 is 11.8 Å². The molecule has 1 rings (SSSR count). The second-order valence-electron chi connectivity index (χ2n) is 3.54. The molecule has 2 nitrogen and oxygen atoms in total. The molecule has 1 N–H and O–H groups in total. The van der Waals surface area contributed by atoms with Crippen LogP contribution in [0.5, 0.6) is 0 Å². The molecule has 0 aliphatic rings. The summed E-state index contributed by atoms with van der Waals surface area (Å²) in [5.41, 5.74) is 1.27. The van der Waals surface area contributed by atoms with Crippen molar-refractivity contribution in [3.8, 4) is 0 Å². The Hall–Kier alpha value is -0.540. The van der Waals surface area contributed by atoms with E-state index in [9.17, 15) is 0 Å². The van der Waals surface area contributed by atoms with Crippen molar-refractivity contribution in [3.63, 3.8) is 0 Å². The van der Waals surface area contributed by atoms with Crippen LogP contribution in [0.3, 0.4) is 0 Å². The molecule has 0 saturated carbocycles. The Morgan fingerprint density at radius 1 is 1.40 bits per heavy atom. The maximum atomic E-state index is 4.42. The van der Waals surface area contributed by atoms with Crippen LogP contribution in [0.25, 0.3) is 0 Å². The van der Waals surface area contributed by atoms with Gasteiger partial charge >= 0.3 is 0 Å². The van der Waals surface area contributed by atoms with Crippen molar-refractivity contribution in [2.45, 2.75) is 38.3 Å². The zero-order valence-corrected chi connectivity index (χ0v) is 10.6. The van der Waals surface area contributed by atoms with Gasteiger partial charge in [-0.25, -0.2) is 4.98 Å². The van der Waals surface area contributed by atoms with Crippen LogP contribution in [-0.4, -0.2) is 17.3 Å². The van der Waals surface area contributed by atoms with Crippen LogP contribution in [0.15, 0.2) is 23.4 Å². The number of nitrogens with one attached hydrogen (secondary N) is 1. The molecule has 1 heterocycles. The van der Waals surface area contributed by atoms with Gasteiger partial charge in [0.25, 0.3) is 0 Å². The highest BCUT2D eigenvalue weighted by Crippen LogP contribution is 2.17. The number of pyridine rings is 1. The van der Waals surface area contributed by atoms with Gasteiger partial charge in [0.05, 0.1) is 5.03 Å². The van der Waals surface area contributed by atoms with Gasteiger partial charge in [-0.1, -0.05) is 19.9 Å². The van der Waals surface area contributed by atoms with Gasteiger partial charge in [0, 0.05) is 12.2 Å². The van der Waals surface area contributed by atoms with Crippen LogP contribution in [0.1, 0.15) is 38.8 Å². The summed E-state index contributed by atoms with van der Waals surface area (Å²) in [6.45, 7) is 7.57. The van der Waals surface area contributed by atoms with Gasteiger partial charge in [0.2, 0.25) is 0 Å². The van der Waals surface area contributed by atoms with Crippen LogP contribution in [0.4, 0.5) is 0 Å². The van der Waals surface area contributed by atoms with E-state index < -0.39 is 0 Å². The van der Waals surface area contributed by atoms with Crippen LogP contribution in [0, 0.1) is 0 Å². The fourth-order valence-corrected chi connectivity index (χ4v) is 1.95. The lowest BCUT2D eigenvalue weighted by Crippen LogP contribution is -2.19. The highest BCUT2D eigenvalue weighted by atomic mass is 32.2. The minimum absolute atomic E-state index is 0.401. The molecule has 0 radical (unpaired) electrons. The predicted octanol–water partition coefficient (Wildman–Crippen LogP) is 3.25. The standard InChI is InChI=1S/C12H20N2S/c1-4-8-13-10(3)11-6-7-12(14-9-11)15-5-2/h6-7,9-10,13H,4-5,8H2,1-3H3. The zero-order valence-electron chi connectivity index (χ0n) is 9.79. The van der Waals surface area contributed by atoms with Crippen LogP contribution in [0.2, 0.25) is 0 Å². The SMILES string of the molecule is CCCNC(C)c1ccc(SCC)nc1. The van der Waals surface area contributed by atoms with E-state index in [1.165, 1.54) is 12.0 Å². The van der Waals surface area contributed by atoms with Crippen molar-refractivity contribution in [1.29, 1.82) is 0 Å². The average Bonchev–Trinajstić information content (AvgIpc) is 2.27. The molecule has 0 aliphatic heterocycles. The molecular weight excluding hydrogens is 204 g/mol. The Morgan fingerprint density at radius 3 is 2.73 bits per heavy atom. The van der Waals surface area contributed by atoms with Gasteiger partial charge in [-0.2, -0.15) is 0 Å². The molecule has 1 unspecified atom stereocenters. The quantitative estimate of drug-likeness (QED) is 0.751. The van der Waals surface area contributed by atoms with Crippen molar-refractivity contribution in [1.82, 2.24) is 10.3 Å². The molecule has 0 fully saturated rings. The molecule has 0 bridgehead atoms. The molecule has 3 heteroatoms. The minimum Gasteiger partial charge on any atom is -0.310 e. The Balaban J connectivity index is 2.54. The first-order chi connectivity index (χ1) is 7.27. The van der Waals surface area contributed by atoms with Crippen molar-refractivity contribution < 1.29 is 0 Å². The summed E-state index contributed by atoms with van der Waals surface area (Å²) in [5.74, 6) is 1.08. The number of nitrogens with zero attached hydrogens (tertiary/aromatic N) is 1. The minimum atomic E-state index is 0.401. The van der Waals surface area contributed by atoms with Gasteiger partial charge in [-0.15, -0.1) is 11.8 Å². The molecule has 1 atom stereocenters. The fourth-order valence-electron chi connectivity index (χ4n) is 1.36. The van der Waals surface area contributed by atoms with E-state index in [0.717, 1.165) is 17.3 Å². The molecule has 0 spiro atoms. The topological polar surface area (TPSA) is 24.9 Å². The summed E-state index contributed by atoms with van der Waals surface area (Å²) in [7, 11) is 0.